The lowest BCUT2D eigenvalue weighted by Gasteiger charge is -2.20. The molecule has 0 aliphatic rings. The van der Waals surface area contributed by atoms with E-state index in [4.69, 9.17) is 12.2 Å². The quantitative estimate of drug-likeness (QED) is 0.660. The second-order valence-electron chi connectivity index (χ2n) is 5.77. The number of anilines is 1. The summed E-state index contributed by atoms with van der Waals surface area (Å²) in [5, 5.41) is 7.35. The summed E-state index contributed by atoms with van der Waals surface area (Å²) in [7, 11) is 0. The Morgan fingerprint density at radius 3 is 2.30 bits per heavy atom. The van der Waals surface area contributed by atoms with Crippen molar-refractivity contribution in [3.63, 3.8) is 0 Å². The molecule has 1 atom stereocenters. The molecule has 0 saturated carbocycles. The molecule has 2 nitrogen and oxygen atoms in total. The van der Waals surface area contributed by atoms with Gasteiger partial charge < -0.3 is 10.6 Å². The molecule has 0 heterocycles. The fourth-order valence-electron chi connectivity index (χ4n) is 2.57. The number of nitrogens with one attached hydrogen (secondary N) is 2. The molecule has 0 aromatic heterocycles. The minimum atomic E-state index is 0.236. The number of benzene rings is 2. The highest BCUT2D eigenvalue weighted by molar-refractivity contribution is 7.80. The lowest BCUT2D eigenvalue weighted by atomic mass is 10.1. The first-order valence-electron chi connectivity index (χ1n) is 8.44. The van der Waals surface area contributed by atoms with Crippen molar-refractivity contribution in [2.24, 2.45) is 0 Å². The molecule has 2 aromatic rings. The Hall–Kier alpha value is -1.87. The monoisotopic (exact) mass is 326 g/mol. The van der Waals surface area contributed by atoms with Crippen LogP contribution in [0, 0.1) is 0 Å². The molecule has 0 aliphatic carbocycles. The summed E-state index contributed by atoms with van der Waals surface area (Å²) < 4.78 is 0. The Labute approximate surface area is 145 Å². The van der Waals surface area contributed by atoms with Gasteiger partial charge in [0.05, 0.1) is 6.04 Å². The molecule has 0 aliphatic heterocycles. The summed E-state index contributed by atoms with van der Waals surface area (Å²) >= 11 is 5.46. The zero-order chi connectivity index (χ0) is 16.5. The first kappa shape index (κ1) is 17.5. The van der Waals surface area contributed by atoms with Crippen LogP contribution in [0.1, 0.15) is 50.3 Å². The largest absolute Gasteiger partial charge is 0.356 e. The molecule has 1 unspecified atom stereocenters. The van der Waals surface area contributed by atoms with Crippen molar-refractivity contribution < 1.29 is 0 Å². The Balaban J connectivity index is 1.91. The first-order valence-corrected chi connectivity index (χ1v) is 8.85. The zero-order valence-electron chi connectivity index (χ0n) is 14.0. The normalized spacial score (nSPS) is 11.7. The maximum Gasteiger partial charge on any atom is 0.171 e. The lowest BCUT2D eigenvalue weighted by molar-refractivity contribution is 0.629. The number of unbranched alkanes of at least 4 members (excludes halogenated alkanes) is 1. The highest BCUT2D eigenvalue weighted by Crippen LogP contribution is 2.17. The van der Waals surface area contributed by atoms with Gasteiger partial charge in [-0.15, -0.1) is 0 Å². The van der Waals surface area contributed by atoms with Crippen molar-refractivity contribution in [2.75, 3.05) is 5.32 Å². The third-order valence-electron chi connectivity index (χ3n) is 3.95. The molecule has 2 aromatic carbocycles. The highest BCUT2D eigenvalue weighted by atomic mass is 32.1. The van der Waals surface area contributed by atoms with Gasteiger partial charge in [-0.25, -0.2) is 0 Å². The number of aryl methyl sites for hydroxylation is 1. The van der Waals surface area contributed by atoms with Crippen LogP contribution in [0.15, 0.2) is 54.6 Å². The van der Waals surface area contributed by atoms with Gasteiger partial charge >= 0.3 is 0 Å². The molecule has 2 rings (SSSR count). The molecule has 0 saturated heterocycles. The summed E-state index contributed by atoms with van der Waals surface area (Å²) in [6.45, 7) is 4.38. The van der Waals surface area contributed by atoms with Crippen LogP contribution < -0.4 is 10.6 Å². The maximum absolute atomic E-state index is 5.46. The smallest absolute Gasteiger partial charge is 0.171 e. The van der Waals surface area contributed by atoms with Crippen molar-refractivity contribution >= 4 is 23.0 Å². The van der Waals surface area contributed by atoms with Crippen molar-refractivity contribution in [1.82, 2.24) is 5.32 Å². The molecule has 0 radical (unpaired) electrons. The van der Waals surface area contributed by atoms with Crippen LogP contribution in [-0.2, 0) is 6.42 Å². The molecular weight excluding hydrogens is 300 g/mol. The zero-order valence-corrected chi connectivity index (χ0v) is 14.8. The Morgan fingerprint density at radius 1 is 1.00 bits per heavy atom. The lowest BCUT2D eigenvalue weighted by Crippen LogP contribution is -2.32. The summed E-state index contributed by atoms with van der Waals surface area (Å²) in [6.07, 6.45) is 4.60. The van der Waals surface area contributed by atoms with Crippen LogP contribution in [0.3, 0.4) is 0 Å². The van der Waals surface area contributed by atoms with Gasteiger partial charge in [0.2, 0.25) is 0 Å². The van der Waals surface area contributed by atoms with E-state index in [-0.39, 0.29) is 6.04 Å². The standard InChI is InChI=1S/C20H26N2S/c1-3-5-9-16-12-14-18(15-13-16)21-20(23)22-19(4-2)17-10-7-6-8-11-17/h6-8,10-15,19H,3-5,9H2,1-2H3,(H2,21,22,23). The third kappa shape index (κ3) is 5.68. The molecule has 23 heavy (non-hydrogen) atoms. The average Bonchev–Trinajstić information content (AvgIpc) is 2.60. The van der Waals surface area contributed by atoms with E-state index in [1.165, 1.54) is 24.0 Å². The maximum atomic E-state index is 5.46. The molecule has 0 amide bonds. The van der Waals surface area contributed by atoms with Crippen LogP contribution >= 0.6 is 12.2 Å². The summed E-state index contributed by atoms with van der Waals surface area (Å²) in [4.78, 5) is 0. The van der Waals surface area contributed by atoms with Gasteiger partial charge in [0, 0.05) is 5.69 Å². The molecule has 0 fully saturated rings. The van der Waals surface area contributed by atoms with E-state index in [0.29, 0.717) is 5.11 Å². The molecule has 3 heteroatoms. The minimum Gasteiger partial charge on any atom is -0.356 e. The molecule has 0 spiro atoms. The van der Waals surface area contributed by atoms with Crippen molar-refractivity contribution in [3.8, 4) is 0 Å². The van der Waals surface area contributed by atoms with Gasteiger partial charge in [0.1, 0.15) is 0 Å². The van der Waals surface area contributed by atoms with Crippen molar-refractivity contribution in [2.45, 2.75) is 45.6 Å². The van der Waals surface area contributed by atoms with Gasteiger partial charge in [-0.05, 0) is 54.7 Å². The fourth-order valence-corrected chi connectivity index (χ4v) is 2.83. The van der Waals surface area contributed by atoms with E-state index >= 15 is 0 Å². The molecule has 0 bridgehead atoms. The SMILES string of the molecule is CCCCc1ccc(NC(=S)NC(CC)c2ccccc2)cc1. The van der Waals surface area contributed by atoms with Gasteiger partial charge in [0.15, 0.2) is 5.11 Å². The van der Waals surface area contributed by atoms with Crippen LogP contribution in [0.5, 0.6) is 0 Å². The van der Waals surface area contributed by atoms with Crippen LogP contribution in [0.25, 0.3) is 0 Å². The van der Waals surface area contributed by atoms with Crippen LogP contribution in [0.2, 0.25) is 0 Å². The average molecular weight is 327 g/mol. The summed E-state index contributed by atoms with van der Waals surface area (Å²) in [5.74, 6) is 0. The predicted octanol–water partition coefficient (Wildman–Crippen LogP) is 5.47. The Bertz CT molecular complexity index is 593. The third-order valence-corrected chi connectivity index (χ3v) is 4.17. The molecule has 122 valence electrons. The second-order valence-corrected chi connectivity index (χ2v) is 6.18. The summed E-state index contributed by atoms with van der Waals surface area (Å²) in [5.41, 5.74) is 3.67. The van der Waals surface area contributed by atoms with E-state index in [1.54, 1.807) is 0 Å². The van der Waals surface area contributed by atoms with E-state index < -0.39 is 0 Å². The highest BCUT2D eigenvalue weighted by Gasteiger charge is 2.10. The molecule has 2 N–H and O–H groups in total. The van der Waals surface area contributed by atoms with E-state index in [2.05, 4.69) is 73.0 Å². The van der Waals surface area contributed by atoms with Crippen molar-refractivity contribution in [1.29, 1.82) is 0 Å². The fraction of sp³-hybridized carbons (Fsp3) is 0.350. The Morgan fingerprint density at radius 2 is 1.70 bits per heavy atom. The van der Waals surface area contributed by atoms with Crippen molar-refractivity contribution in [3.05, 3.63) is 65.7 Å². The predicted molar refractivity (Wildman–Crippen MR) is 104 cm³/mol. The first-order chi connectivity index (χ1) is 11.2. The van der Waals surface area contributed by atoms with Crippen LogP contribution in [0.4, 0.5) is 5.69 Å². The van der Waals surface area contributed by atoms with E-state index in [1.807, 2.05) is 6.07 Å². The molecular formula is C20H26N2S. The van der Waals surface area contributed by atoms with Gasteiger partial charge in [-0.3, -0.25) is 0 Å². The van der Waals surface area contributed by atoms with Gasteiger partial charge in [0.25, 0.3) is 0 Å². The topological polar surface area (TPSA) is 24.1 Å². The van der Waals surface area contributed by atoms with Crippen LogP contribution in [-0.4, -0.2) is 5.11 Å². The Kier molecular flexibility index (Phi) is 7.08. The number of hydrogen-bond acceptors (Lipinski definition) is 1. The van der Waals surface area contributed by atoms with Gasteiger partial charge in [-0.2, -0.15) is 0 Å². The van der Waals surface area contributed by atoms with Gasteiger partial charge in [-0.1, -0.05) is 62.7 Å². The van der Waals surface area contributed by atoms with E-state index in [9.17, 15) is 0 Å². The van der Waals surface area contributed by atoms with E-state index in [0.717, 1.165) is 18.5 Å². The second kappa shape index (κ2) is 9.31. The number of thiocarbonyl (C=S) groups is 1. The number of hydrogen-bond donors (Lipinski definition) is 2. The summed E-state index contributed by atoms with van der Waals surface area (Å²) in [6, 6.07) is 19.2. The number of rotatable bonds is 7. The minimum absolute atomic E-state index is 0.236.